The van der Waals surface area contributed by atoms with Crippen LogP contribution in [0.15, 0.2) is 72.8 Å². The molecular formula is C28H32N2O7. The van der Waals surface area contributed by atoms with Gasteiger partial charge in [0.1, 0.15) is 17.2 Å². The Morgan fingerprint density at radius 2 is 1.22 bits per heavy atom. The largest absolute Gasteiger partial charge is 0.497 e. The fourth-order valence-corrected chi connectivity index (χ4v) is 3.81. The van der Waals surface area contributed by atoms with Gasteiger partial charge in [-0.25, -0.2) is 9.80 Å². The number of hydrogen-bond acceptors (Lipinski definition) is 7. The average Bonchev–Trinajstić information content (AvgIpc) is 2.95. The topological polar surface area (TPSA) is 107 Å². The highest BCUT2D eigenvalue weighted by Crippen LogP contribution is 2.33. The first-order valence-corrected chi connectivity index (χ1v) is 11.7. The Hall–Kier alpha value is -4.24. The number of aliphatic hydroxyl groups is 1. The highest BCUT2D eigenvalue weighted by atomic mass is 16.6. The van der Waals surface area contributed by atoms with Crippen LogP contribution in [-0.4, -0.2) is 50.1 Å². The van der Waals surface area contributed by atoms with E-state index in [2.05, 4.69) is 5.43 Å². The predicted molar refractivity (Wildman–Crippen MR) is 137 cm³/mol. The molecule has 0 aliphatic heterocycles. The molecule has 0 fully saturated rings. The quantitative estimate of drug-likeness (QED) is 0.417. The molecule has 0 spiro atoms. The number of rotatable bonds is 9. The molecule has 0 radical (unpaired) electrons. The van der Waals surface area contributed by atoms with Gasteiger partial charge in [-0.1, -0.05) is 36.4 Å². The van der Waals surface area contributed by atoms with E-state index in [9.17, 15) is 14.7 Å². The Labute approximate surface area is 216 Å². The van der Waals surface area contributed by atoms with Crippen molar-refractivity contribution < 1.29 is 33.6 Å². The van der Waals surface area contributed by atoms with Crippen molar-refractivity contribution in [3.63, 3.8) is 0 Å². The van der Waals surface area contributed by atoms with Crippen molar-refractivity contribution >= 4 is 12.0 Å². The molecule has 3 rings (SSSR count). The van der Waals surface area contributed by atoms with E-state index in [-0.39, 0.29) is 17.7 Å². The van der Waals surface area contributed by atoms with Crippen molar-refractivity contribution in [2.75, 3.05) is 27.9 Å². The second-order valence-electron chi connectivity index (χ2n) is 8.13. The van der Waals surface area contributed by atoms with E-state index in [1.165, 1.54) is 14.2 Å². The minimum atomic E-state index is -2.16. The van der Waals surface area contributed by atoms with Crippen molar-refractivity contribution in [3.8, 4) is 17.2 Å². The summed E-state index contributed by atoms with van der Waals surface area (Å²) in [5, 5.41) is 13.0. The van der Waals surface area contributed by atoms with Crippen LogP contribution in [0.4, 0.5) is 4.79 Å². The zero-order chi connectivity index (χ0) is 27.0. The highest BCUT2D eigenvalue weighted by Gasteiger charge is 2.42. The summed E-state index contributed by atoms with van der Waals surface area (Å²) in [6.07, 6.45) is -0.772. The van der Waals surface area contributed by atoms with Crippen molar-refractivity contribution in [2.45, 2.75) is 25.5 Å². The van der Waals surface area contributed by atoms with Gasteiger partial charge in [-0.3, -0.25) is 10.2 Å². The predicted octanol–water partition coefficient (Wildman–Crippen LogP) is 4.20. The van der Waals surface area contributed by atoms with E-state index >= 15 is 0 Å². The highest BCUT2D eigenvalue weighted by molar-refractivity contribution is 5.91. The Morgan fingerprint density at radius 3 is 1.59 bits per heavy atom. The Bertz CT molecular complexity index is 1130. The molecule has 3 aromatic rings. The molecule has 0 aromatic heterocycles. The lowest BCUT2D eigenvalue weighted by Gasteiger charge is -2.34. The molecule has 0 aliphatic carbocycles. The van der Waals surface area contributed by atoms with Gasteiger partial charge in [-0.15, -0.1) is 0 Å². The minimum Gasteiger partial charge on any atom is -0.497 e. The maximum Gasteiger partial charge on any atom is 0.429 e. The third kappa shape index (κ3) is 5.95. The molecule has 0 saturated heterocycles. The molecule has 2 N–H and O–H groups in total. The number of amides is 2. The zero-order valence-electron chi connectivity index (χ0n) is 21.6. The van der Waals surface area contributed by atoms with Crippen molar-refractivity contribution in [1.82, 2.24) is 10.4 Å². The first kappa shape index (κ1) is 27.3. The van der Waals surface area contributed by atoms with E-state index in [1.54, 1.807) is 93.8 Å². The summed E-state index contributed by atoms with van der Waals surface area (Å²) in [6.45, 7) is 3.50. The van der Waals surface area contributed by atoms with Crippen molar-refractivity contribution in [2.24, 2.45) is 0 Å². The molecule has 0 bridgehead atoms. The number of benzene rings is 3. The summed E-state index contributed by atoms with van der Waals surface area (Å²) in [4.78, 5) is 26.8. The zero-order valence-corrected chi connectivity index (χ0v) is 21.6. The van der Waals surface area contributed by atoms with Gasteiger partial charge in [0.2, 0.25) is 0 Å². The third-order valence-corrected chi connectivity index (χ3v) is 6.02. The number of hydrazine groups is 1. The van der Waals surface area contributed by atoms with Crippen LogP contribution in [0.3, 0.4) is 0 Å². The Balaban J connectivity index is 2.03. The van der Waals surface area contributed by atoms with Gasteiger partial charge in [0, 0.05) is 0 Å². The number of nitrogens with zero attached hydrogens (tertiary/aromatic N) is 1. The van der Waals surface area contributed by atoms with E-state index < -0.39 is 23.6 Å². The molecular weight excluding hydrogens is 476 g/mol. The van der Waals surface area contributed by atoms with Gasteiger partial charge in [-0.2, -0.15) is 0 Å². The third-order valence-electron chi connectivity index (χ3n) is 6.02. The number of ether oxygens (including phenoxy) is 4. The smallest absolute Gasteiger partial charge is 0.429 e. The molecule has 9 nitrogen and oxygen atoms in total. The molecule has 0 heterocycles. The van der Waals surface area contributed by atoms with Crippen LogP contribution in [0.1, 0.15) is 36.6 Å². The molecule has 0 unspecified atom stereocenters. The molecule has 0 saturated carbocycles. The van der Waals surface area contributed by atoms with Crippen molar-refractivity contribution in [3.05, 3.63) is 89.5 Å². The lowest BCUT2D eigenvalue weighted by Crippen LogP contribution is -2.55. The molecule has 1 atom stereocenters. The van der Waals surface area contributed by atoms with E-state index in [1.807, 2.05) is 0 Å². The number of nitrogens with one attached hydrogen (secondary N) is 1. The summed E-state index contributed by atoms with van der Waals surface area (Å²) < 4.78 is 20.9. The molecule has 37 heavy (non-hydrogen) atoms. The molecule has 0 aliphatic rings. The van der Waals surface area contributed by atoms with E-state index in [0.717, 1.165) is 5.01 Å². The van der Waals surface area contributed by atoms with Crippen molar-refractivity contribution in [1.29, 1.82) is 0 Å². The van der Waals surface area contributed by atoms with Gasteiger partial charge < -0.3 is 24.1 Å². The van der Waals surface area contributed by atoms with Gasteiger partial charge in [0.25, 0.3) is 5.91 Å². The van der Waals surface area contributed by atoms with Gasteiger partial charge in [0.15, 0.2) is 5.60 Å². The monoisotopic (exact) mass is 508 g/mol. The van der Waals surface area contributed by atoms with E-state index in [4.69, 9.17) is 18.9 Å². The number of hydrogen-bond donors (Lipinski definition) is 2. The Morgan fingerprint density at radius 1 is 0.811 bits per heavy atom. The molecule has 196 valence electrons. The standard InChI is InChI=1S/C28H32N2O7/c1-6-37-27(32)30(19(2)20-7-13-23(34-3)14-8-20)29-26(31)28(33,21-9-15-24(35-4)16-10-21)22-11-17-25(36-5)18-12-22/h7-19,33H,6H2,1-5H3,(H,29,31)/t19-/m1/s1. The first-order valence-electron chi connectivity index (χ1n) is 11.7. The number of carbonyl (C=O) groups excluding carboxylic acids is 2. The first-order chi connectivity index (χ1) is 17.8. The minimum absolute atomic E-state index is 0.0990. The Kier molecular flexibility index (Phi) is 8.97. The maximum absolute atomic E-state index is 13.8. The summed E-state index contributed by atoms with van der Waals surface area (Å²) in [6, 6.07) is 19.3. The van der Waals surface area contributed by atoms with Gasteiger partial charge >= 0.3 is 6.09 Å². The fraction of sp³-hybridized carbons (Fsp3) is 0.286. The van der Waals surface area contributed by atoms with Crippen LogP contribution >= 0.6 is 0 Å². The van der Waals surface area contributed by atoms with Crippen LogP contribution < -0.4 is 19.6 Å². The summed E-state index contributed by atoms with van der Waals surface area (Å²) in [5.74, 6) is 0.914. The van der Waals surface area contributed by atoms with Gasteiger partial charge in [-0.05, 0) is 66.9 Å². The second-order valence-corrected chi connectivity index (χ2v) is 8.13. The maximum atomic E-state index is 13.8. The number of carbonyl (C=O) groups is 2. The normalized spacial score (nSPS) is 11.7. The lowest BCUT2D eigenvalue weighted by atomic mass is 9.85. The average molecular weight is 509 g/mol. The second kappa shape index (κ2) is 12.1. The van der Waals surface area contributed by atoms with Gasteiger partial charge in [0.05, 0.1) is 34.0 Å². The van der Waals surface area contributed by atoms with Crippen LogP contribution in [0, 0.1) is 0 Å². The lowest BCUT2D eigenvalue weighted by molar-refractivity contribution is -0.142. The van der Waals surface area contributed by atoms with E-state index in [0.29, 0.717) is 22.8 Å². The van der Waals surface area contributed by atoms with Crippen LogP contribution in [0.5, 0.6) is 17.2 Å². The summed E-state index contributed by atoms with van der Waals surface area (Å²) in [7, 11) is 4.60. The molecule has 3 aromatic carbocycles. The number of methoxy groups -OCH3 is 3. The molecule has 2 amide bonds. The van der Waals surface area contributed by atoms with Crippen LogP contribution in [0.2, 0.25) is 0 Å². The molecule has 9 heteroatoms. The summed E-state index contributed by atoms with van der Waals surface area (Å²) in [5.41, 5.74) is 1.70. The fourth-order valence-electron chi connectivity index (χ4n) is 3.81. The summed E-state index contributed by atoms with van der Waals surface area (Å²) >= 11 is 0. The SMILES string of the molecule is CCOC(=O)N(NC(=O)C(O)(c1ccc(OC)cc1)c1ccc(OC)cc1)[C@H](C)c1ccc(OC)cc1. The van der Waals surface area contributed by atoms with Crippen LogP contribution in [0.25, 0.3) is 0 Å². The van der Waals surface area contributed by atoms with Crippen LogP contribution in [-0.2, 0) is 15.1 Å².